The summed E-state index contributed by atoms with van der Waals surface area (Å²) in [4.78, 5) is 24.4. The first kappa shape index (κ1) is 15.9. The Morgan fingerprint density at radius 1 is 1.38 bits per heavy atom. The Morgan fingerprint density at radius 2 is 2.14 bits per heavy atom. The van der Waals surface area contributed by atoms with Crippen LogP contribution in [0.15, 0.2) is 18.2 Å². The zero-order chi connectivity index (χ0) is 15.4. The van der Waals surface area contributed by atoms with Crippen molar-refractivity contribution < 1.29 is 9.72 Å². The predicted molar refractivity (Wildman–Crippen MR) is 86.0 cm³/mol. The topological polar surface area (TPSA) is 63.5 Å². The van der Waals surface area contributed by atoms with Crippen molar-refractivity contribution >= 4 is 33.2 Å². The van der Waals surface area contributed by atoms with Gasteiger partial charge in [0.15, 0.2) is 0 Å². The van der Waals surface area contributed by atoms with Crippen molar-refractivity contribution in [1.82, 2.24) is 0 Å². The van der Waals surface area contributed by atoms with Gasteiger partial charge in [-0.1, -0.05) is 22.9 Å². The lowest BCUT2D eigenvalue weighted by Crippen LogP contribution is -2.36. The number of benzene rings is 1. The summed E-state index contributed by atoms with van der Waals surface area (Å²) in [6, 6.07) is 4.78. The summed E-state index contributed by atoms with van der Waals surface area (Å²) in [6.07, 6.45) is 3.03. The minimum Gasteiger partial charge on any atom is -0.312 e. The van der Waals surface area contributed by atoms with Gasteiger partial charge < -0.3 is 4.90 Å². The maximum atomic E-state index is 12.1. The van der Waals surface area contributed by atoms with E-state index in [1.165, 1.54) is 6.07 Å². The Labute approximate surface area is 132 Å². The number of rotatable bonds is 6. The van der Waals surface area contributed by atoms with Gasteiger partial charge in [0.1, 0.15) is 0 Å². The van der Waals surface area contributed by atoms with Crippen LogP contribution >= 0.6 is 15.9 Å². The number of nitrogens with zero attached hydrogens (tertiary/aromatic N) is 2. The number of carbonyl (C=O) groups excluding carboxylic acids is 1. The Kier molecular flexibility index (Phi) is 5.33. The van der Waals surface area contributed by atoms with Crippen molar-refractivity contribution in [1.29, 1.82) is 0 Å². The van der Waals surface area contributed by atoms with Crippen LogP contribution in [-0.2, 0) is 11.2 Å². The van der Waals surface area contributed by atoms with E-state index in [-0.39, 0.29) is 16.5 Å². The average molecular weight is 355 g/mol. The third-order valence-corrected chi connectivity index (χ3v) is 4.38. The third-order valence-electron chi connectivity index (χ3n) is 3.92. The molecule has 0 radical (unpaired) electrons. The fraction of sp³-hybridized carbons (Fsp3) is 0.533. The second kappa shape index (κ2) is 7.02. The SMILES string of the molecule is CC(CCBr)CCN1C(=O)CCc2cc([N+](=O)[O-])ccc21. The van der Waals surface area contributed by atoms with E-state index in [9.17, 15) is 14.9 Å². The van der Waals surface area contributed by atoms with Crippen LogP contribution in [0.3, 0.4) is 0 Å². The third kappa shape index (κ3) is 3.81. The lowest BCUT2D eigenvalue weighted by Gasteiger charge is -2.30. The molecule has 6 heteroatoms. The molecule has 1 aliphatic heterocycles. The van der Waals surface area contributed by atoms with Crippen molar-refractivity contribution in [2.45, 2.75) is 32.6 Å². The molecular formula is C15H19BrN2O3. The first-order valence-electron chi connectivity index (χ1n) is 7.16. The number of carbonyl (C=O) groups is 1. The molecule has 1 unspecified atom stereocenters. The first-order chi connectivity index (χ1) is 10.0. The number of hydrogen-bond donors (Lipinski definition) is 0. The van der Waals surface area contributed by atoms with Crippen LogP contribution in [0, 0.1) is 16.0 Å². The summed E-state index contributed by atoms with van der Waals surface area (Å²) in [6.45, 7) is 2.85. The highest BCUT2D eigenvalue weighted by molar-refractivity contribution is 9.09. The van der Waals surface area contributed by atoms with Crippen molar-refractivity contribution in [3.63, 3.8) is 0 Å². The summed E-state index contributed by atoms with van der Waals surface area (Å²) >= 11 is 3.43. The lowest BCUT2D eigenvalue weighted by atomic mass is 9.98. The largest absolute Gasteiger partial charge is 0.312 e. The van der Waals surface area contributed by atoms with Crippen LogP contribution in [-0.4, -0.2) is 22.7 Å². The summed E-state index contributed by atoms with van der Waals surface area (Å²) in [7, 11) is 0. The molecule has 0 bridgehead atoms. The van der Waals surface area contributed by atoms with E-state index in [1.807, 2.05) is 0 Å². The summed E-state index contributed by atoms with van der Waals surface area (Å²) < 4.78 is 0. The molecule has 1 aromatic rings. The number of amides is 1. The van der Waals surface area contributed by atoms with E-state index < -0.39 is 0 Å². The van der Waals surface area contributed by atoms with Gasteiger partial charge in [0.05, 0.1) is 4.92 Å². The van der Waals surface area contributed by atoms with Gasteiger partial charge in [-0.05, 0) is 36.8 Å². The minimum absolute atomic E-state index is 0.0932. The fourth-order valence-corrected chi connectivity index (χ4v) is 3.37. The molecule has 5 nitrogen and oxygen atoms in total. The molecule has 0 aromatic heterocycles. The normalized spacial score (nSPS) is 15.7. The van der Waals surface area contributed by atoms with E-state index >= 15 is 0 Å². The van der Waals surface area contributed by atoms with Crippen LogP contribution in [0.5, 0.6) is 0 Å². The van der Waals surface area contributed by atoms with Gasteiger partial charge in [-0.25, -0.2) is 0 Å². The van der Waals surface area contributed by atoms with E-state index in [0.717, 1.165) is 29.4 Å². The maximum Gasteiger partial charge on any atom is 0.269 e. The van der Waals surface area contributed by atoms with E-state index in [4.69, 9.17) is 0 Å². The molecule has 0 saturated carbocycles. The maximum absolute atomic E-state index is 12.1. The molecule has 0 N–H and O–H groups in total. The molecule has 0 spiro atoms. The highest BCUT2D eigenvalue weighted by atomic mass is 79.9. The van der Waals surface area contributed by atoms with Gasteiger partial charge in [-0.3, -0.25) is 14.9 Å². The van der Waals surface area contributed by atoms with Crippen LogP contribution in [0.4, 0.5) is 11.4 Å². The predicted octanol–water partition coefficient (Wildman–Crippen LogP) is 3.69. The summed E-state index contributed by atoms with van der Waals surface area (Å²) in [5.74, 6) is 0.656. The summed E-state index contributed by atoms with van der Waals surface area (Å²) in [5, 5.41) is 11.8. The van der Waals surface area contributed by atoms with E-state index in [2.05, 4.69) is 22.9 Å². The number of aryl methyl sites for hydroxylation is 1. The average Bonchev–Trinajstić information content (AvgIpc) is 2.46. The van der Waals surface area contributed by atoms with Crippen LogP contribution < -0.4 is 4.90 Å². The van der Waals surface area contributed by atoms with Gasteiger partial charge in [0, 0.05) is 36.1 Å². The molecule has 114 valence electrons. The molecule has 1 aromatic carbocycles. The Balaban J connectivity index is 2.16. The minimum atomic E-state index is -0.390. The van der Waals surface area contributed by atoms with Crippen LogP contribution in [0.25, 0.3) is 0 Å². The Morgan fingerprint density at radius 3 is 2.81 bits per heavy atom. The number of alkyl halides is 1. The molecule has 2 rings (SSSR count). The molecule has 0 fully saturated rings. The van der Waals surface area contributed by atoms with Gasteiger partial charge in [0.2, 0.25) is 5.91 Å². The lowest BCUT2D eigenvalue weighted by molar-refractivity contribution is -0.384. The zero-order valence-electron chi connectivity index (χ0n) is 12.0. The van der Waals surface area contributed by atoms with Crippen LogP contribution in [0.2, 0.25) is 0 Å². The fourth-order valence-electron chi connectivity index (χ4n) is 2.59. The van der Waals surface area contributed by atoms with E-state index in [1.54, 1.807) is 17.0 Å². The number of non-ortho nitro benzene ring substituents is 1. The Bertz CT molecular complexity index is 548. The molecule has 21 heavy (non-hydrogen) atoms. The molecule has 1 aliphatic rings. The molecule has 1 heterocycles. The smallest absolute Gasteiger partial charge is 0.269 e. The quantitative estimate of drug-likeness (QED) is 0.444. The zero-order valence-corrected chi connectivity index (χ0v) is 13.6. The number of hydrogen-bond acceptors (Lipinski definition) is 3. The molecule has 0 aliphatic carbocycles. The second-order valence-electron chi connectivity index (χ2n) is 5.49. The number of nitro groups is 1. The van der Waals surface area contributed by atoms with Gasteiger partial charge in [0.25, 0.3) is 5.69 Å². The molecule has 0 saturated heterocycles. The van der Waals surface area contributed by atoms with Gasteiger partial charge >= 0.3 is 0 Å². The first-order valence-corrected chi connectivity index (χ1v) is 8.28. The van der Waals surface area contributed by atoms with Crippen molar-refractivity contribution in [3.8, 4) is 0 Å². The summed E-state index contributed by atoms with van der Waals surface area (Å²) in [5.41, 5.74) is 1.83. The van der Waals surface area contributed by atoms with Crippen molar-refractivity contribution in [2.75, 3.05) is 16.8 Å². The number of nitro benzene ring substituents is 1. The highest BCUT2D eigenvalue weighted by Crippen LogP contribution is 2.31. The monoisotopic (exact) mass is 354 g/mol. The van der Waals surface area contributed by atoms with Crippen molar-refractivity contribution in [2.24, 2.45) is 5.92 Å². The van der Waals surface area contributed by atoms with Crippen molar-refractivity contribution in [3.05, 3.63) is 33.9 Å². The van der Waals surface area contributed by atoms with Gasteiger partial charge in [-0.15, -0.1) is 0 Å². The Hall–Kier alpha value is -1.43. The standard InChI is InChI=1S/C15H19BrN2O3/c1-11(6-8-16)7-9-17-14-4-3-13(18(20)21)10-12(14)2-5-15(17)19/h3-4,10-11H,2,5-9H2,1H3. The molecule has 1 atom stereocenters. The number of halogens is 1. The number of fused-ring (bicyclic) bond motifs is 1. The second-order valence-corrected chi connectivity index (χ2v) is 6.28. The number of anilines is 1. The van der Waals surface area contributed by atoms with E-state index in [0.29, 0.717) is 25.3 Å². The molecule has 1 amide bonds. The molecular weight excluding hydrogens is 336 g/mol. The van der Waals surface area contributed by atoms with Crippen LogP contribution in [0.1, 0.15) is 31.7 Å². The van der Waals surface area contributed by atoms with Gasteiger partial charge in [-0.2, -0.15) is 0 Å². The highest BCUT2D eigenvalue weighted by Gasteiger charge is 2.25.